The molecule has 0 atom stereocenters. The molecule has 0 heterocycles. The SMILES string of the molecule is CCO[Si](C)(ON=C(C)C(C)C)ON=C(C)C(C)C. The summed E-state index contributed by atoms with van der Waals surface area (Å²) in [6.07, 6.45) is 0. The highest BCUT2D eigenvalue weighted by Crippen LogP contribution is 2.12. The fraction of sp³-hybridized carbons (Fsp3) is 0.846. The third kappa shape index (κ3) is 7.32. The van der Waals surface area contributed by atoms with Crippen molar-refractivity contribution >= 4 is 20.2 Å². The van der Waals surface area contributed by atoms with Gasteiger partial charge in [-0.2, -0.15) is 0 Å². The quantitative estimate of drug-likeness (QED) is 0.389. The van der Waals surface area contributed by atoms with Crippen molar-refractivity contribution < 1.29 is 13.5 Å². The maximum Gasteiger partial charge on any atom is 0.670 e. The van der Waals surface area contributed by atoms with Crippen LogP contribution in [-0.2, 0) is 13.5 Å². The molecule has 0 saturated carbocycles. The average Bonchev–Trinajstić information content (AvgIpc) is 2.33. The third-order valence-electron chi connectivity index (χ3n) is 2.79. The minimum atomic E-state index is -2.84. The molecule has 0 bridgehead atoms. The smallest absolute Gasteiger partial charge is 0.383 e. The monoisotopic (exact) mass is 288 g/mol. The molecule has 0 saturated heterocycles. The van der Waals surface area contributed by atoms with Crippen LogP contribution in [-0.4, -0.2) is 26.8 Å². The molecule has 0 amide bonds. The van der Waals surface area contributed by atoms with Gasteiger partial charge in [-0.3, -0.25) is 0 Å². The van der Waals surface area contributed by atoms with E-state index in [1.165, 1.54) is 0 Å². The molecule has 0 spiro atoms. The topological polar surface area (TPSA) is 52.4 Å². The van der Waals surface area contributed by atoms with Crippen molar-refractivity contribution in [1.29, 1.82) is 0 Å². The Balaban J connectivity index is 4.76. The molecular formula is C13H28N2O3Si. The van der Waals surface area contributed by atoms with Gasteiger partial charge >= 0.3 is 8.80 Å². The number of rotatable bonds is 8. The minimum absolute atomic E-state index is 0.334. The van der Waals surface area contributed by atoms with Gasteiger partial charge < -0.3 is 13.5 Å². The van der Waals surface area contributed by atoms with Crippen LogP contribution >= 0.6 is 0 Å². The Bertz CT molecular complexity index is 302. The fourth-order valence-electron chi connectivity index (χ4n) is 0.852. The summed E-state index contributed by atoms with van der Waals surface area (Å²) < 4.78 is 16.6. The maximum atomic E-state index is 5.57. The lowest BCUT2D eigenvalue weighted by Crippen LogP contribution is -2.40. The lowest BCUT2D eigenvalue weighted by Gasteiger charge is -2.21. The number of hydrogen-bond acceptors (Lipinski definition) is 5. The molecule has 6 heteroatoms. The molecule has 5 nitrogen and oxygen atoms in total. The van der Waals surface area contributed by atoms with Crippen molar-refractivity contribution in [2.24, 2.45) is 22.1 Å². The van der Waals surface area contributed by atoms with Crippen LogP contribution in [0.1, 0.15) is 48.5 Å². The fourth-order valence-corrected chi connectivity index (χ4v) is 2.13. The van der Waals surface area contributed by atoms with Crippen LogP contribution in [0.3, 0.4) is 0 Å². The molecule has 0 radical (unpaired) electrons. The van der Waals surface area contributed by atoms with Crippen molar-refractivity contribution in [3.63, 3.8) is 0 Å². The van der Waals surface area contributed by atoms with Gasteiger partial charge in [0.2, 0.25) is 0 Å². The first-order valence-electron chi connectivity index (χ1n) is 6.81. The first-order valence-corrected chi connectivity index (χ1v) is 9.03. The highest BCUT2D eigenvalue weighted by atomic mass is 28.4. The Morgan fingerprint density at radius 1 is 0.947 bits per heavy atom. The van der Waals surface area contributed by atoms with E-state index in [1.54, 1.807) is 6.55 Å². The Morgan fingerprint density at radius 3 is 1.58 bits per heavy atom. The lowest BCUT2D eigenvalue weighted by atomic mass is 10.1. The zero-order valence-corrected chi connectivity index (χ0v) is 14.5. The molecule has 0 aliphatic heterocycles. The van der Waals surface area contributed by atoms with Crippen LogP contribution in [0.4, 0.5) is 0 Å². The van der Waals surface area contributed by atoms with E-state index in [9.17, 15) is 0 Å². The van der Waals surface area contributed by atoms with E-state index >= 15 is 0 Å². The zero-order chi connectivity index (χ0) is 15.1. The van der Waals surface area contributed by atoms with Crippen molar-refractivity contribution in [2.75, 3.05) is 6.61 Å². The molecule has 112 valence electrons. The van der Waals surface area contributed by atoms with E-state index in [0.717, 1.165) is 11.4 Å². The molecule has 0 N–H and O–H groups in total. The summed E-state index contributed by atoms with van der Waals surface area (Å²) in [7, 11) is -2.84. The lowest BCUT2D eigenvalue weighted by molar-refractivity contribution is 0.0738. The largest absolute Gasteiger partial charge is 0.670 e. The first-order chi connectivity index (χ1) is 8.72. The molecule has 0 aromatic heterocycles. The molecule has 0 rings (SSSR count). The predicted molar refractivity (Wildman–Crippen MR) is 81.3 cm³/mol. The van der Waals surface area contributed by atoms with Crippen LogP contribution < -0.4 is 0 Å². The maximum absolute atomic E-state index is 5.57. The summed E-state index contributed by atoms with van der Waals surface area (Å²) in [5.41, 5.74) is 1.82. The molecule has 0 aromatic rings. The second-order valence-electron chi connectivity index (χ2n) is 5.25. The second-order valence-corrected chi connectivity index (χ2v) is 7.63. The molecule has 0 aliphatic carbocycles. The van der Waals surface area contributed by atoms with E-state index in [1.807, 2.05) is 20.8 Å². The predicted octanol–water partition coefficient (Wildman–Crippen LogP) is 3.69. The average molecular weight is 288 g/mol. The van der Waals surface area contributed by atoms with Gasteiger partial charge in [0, 0.05) is 13.2 Å². The summed E-state index contributed by atoms with van der Waals surface area (Å²) in [5.74, 6) is 0.668. The van der Waals surface area contributed by atoms with Gasteiger partial charge in [-0.15, -0.1) is 10.3 Å². The van der Waals surface area contributed by atoms with Crippen molar-refractivity contribution in [1.82, 2.24) is 0 Å². The van der Waals surface area contributed by atoms with E-state index in [0.29, 0.717) is 18.4 Å². The Labute approximate surface area is 118 Å². The van der Waals surface area contributed by atoms with E-state index < -0.39 is 8.80 Å². The van der Waals surface area contributed by atoms with Crippen molar-refractivity contribution in [3.8, 4) is 0 Å². The summed E-state index contributed by atoms with van der Waals surface area (Å²) in [4.78, 5) is 0. The number of hydrogen-bond donors (Lipinski definition) is 0. The normalized spacial score (nSPS) is 16.7. The van der Waals surface area contributed by atoms with Crippen LogP contribution in [0, 0.1) is 11.8 Å². The molecule has 19 heavy (non-hydrogen) atoms. The zero-order valence-electron chi connectivity index (χ0n) is 13.5. The first kappa shape index (κ1) is 18.1. The number of oxime groups is 2. The van der Waals surface area contributed by atoms with Crippen molar-refractivity contribution in [3.05, 3.63) is 0 Å². The molecule has 0 unspecified atom stereocenters. The molecule has 0 aliphatic rings. The van der Waals surface area contributed by atoms with Gasteiger partial charge in [-0.1, -0.05) is 27.7 Å². The number of nitrogens with zero attached hydrogens (tertiary/aromatic N) is 2. The third-order valence-corrected chi connectivity index (χ3v) is 4.45. The van der Waals surface area contributed by atoms with Gasteiger partial charge in [-0.05, 0) is 32.6 Å². The van der Waals surface area contributed by atoms with Crippen LogP contribution in [0.2, 0.25) is 6.55 Å². The van der Waals surface area contributed by atoms with Crippen molar-refractivity contribution in [2.45, 2.75) is 55.0 Å². The summed E-state index contributed by atoms with van der Waals surface area (Å²) >= 11 is 0. The summed E-state index contributed by atoms with van der Waals surface area (Å²) in [6, 6.07) is 0. The van der Waals surface area contributed by atoms with Gasteiger partial charge in [-0.25, -0.2) is 0 Å². The second kappa shape index (κ2) is 8.32. The van der Waals surface area contributed by atoms with Gasteiger partial charge in [0.15, 0.2) is 0 Å². The van der Waals surface area contributed by atoms with E-state index in [-0.39, 0.29) is 0 Å². The van der Waals surface area contributed by atoms with Gasteiger partial charge in [0.05, 0.1) is 11.4 Å². The van der Waals surface area contributed by atoms with Gasteiger partial charge in [0.1, 0.15) is 0 Å². The minimum Gasteiger partial charge on any atom is -0.383 e. The molecule has 0 fully saturated rings. The molecule has 0 aromatic carbocycles. The molecular weight excluding hydrogens is 260 g/mol. The Hall–Kier alpha value is -0.883. The van der Waals surface area contributed by atoms with Crippen LogP contribution in [0.15, 0.2) is 10.3 Å². The van der Waals surface area contributed by atoms with Crippen LogP contribution in [0.5, 0.6) is 0 Å². The van der Waals surface area contributed by atoms with E-state index in [4.69, 9.17) is 13.5 Å². The van der Waals surface area contributed by atoms with Gasteiger partial charge in [0.25, 0.3) is 0 Å². The van der Waals surface area contributed by atoms with Crippen LogP contribution in [0.25, 0.3) is 0 Å². The highest BCUT2D eigenvalue weighted by Gasteiger charge is 2.41. The Kier molecular flexibility index (Phi) is 7.93. The standard InChI is InChI=1S/C13H28N2O3Si/c1-9-16-19(8,17-14-12(6)10(2)3)18-15-13(7)11(4)5/h10-11H,9H2,1-8H3. The van der Waals surface area contributed by atoms with E-state index in [2.05, 4.69) is 38.0 Å². The summed E-state index contributed by atoms with van der Waals surface area (Å²) in [6.45, 7) is 16.3. The summed E-state index contributed by atoms with van der Waals surface area (Å²) in [5, 5.41) is 8.19. The highest BCUT2D eigenvalue weighted by molar-refractivity contribution is 6.59. The Morgan fingerprint density at radius 2 is 1.32 bits per heavy atom.